The molecule has 0 saturated heterocycles. The van der Waals surface area contributed by atoms with Gasteiger partial charge >= 0.3 is 5.97 Å². The lowest BCUT2D eigenvalue weighted by Crippen LogP contribution is -2.49. The largest absolute Gasteiger partial charge is 0.480 e. The van der Waals surface area contributed by atoms with Crippen LogP contribution < -0.4 is 10.6 Å². The van der Waals surface area contributed by atoms with Gasteiger partial charge in [0, 0.05) is 29.0 Å². The third-order valence-electron chi connectivity index (χ3n) is 4.89. The molecule has 3 heterocycles. The zero-order chi connectivity index (χ0) is 22.9. The van der Waals surface area contributed by atoms with Crippen molar-refractivity contribution in [1.29, 1.82) is 0 Å². The van der Waals surface area contributed by atoms with E-state index in [1.165, 1.54) is 11.3 Å². The van der Waals surface area contributed by atoms with Gasteiger partial charge in [-0.3, -0.25) is 9.20 Å². The van der Waals surface area contributed by atoms with Crippen molar-refractivity contribution in [2.75, 3.05) is 5.32 Å². The van der Waals surface area contributed by atoms with E-state index in [0.717, 1.165) is 16.4 Å². The van der Waals surface area contributed by atoms with Crippen LogP contribution in [0.2, 0.25) is 0 Å². The van der Waals surface area contributed by atoms with Gasteiger partial charge in [0.05, 0.1) is 5.56 Å². The monoisotopic (exact) mass is 450 g/mol. The summed E-state index contributed by atoms with van der Waals surface area (Å²) in [5.41, 5.74) is 1.66. The summed E-state index contributed by atoms with van der Waals surface area (Å²) in [4.78, 5) is 28.7. The van der Waals surface area contributed by atoms with E-state index in [0.29, 0.717) is 11.5 Å². The number of nitrogens with one attached hydrogen (secondary N) is 2. The van der Waals surface area contributed by atoms with E-state index < -0.39 is 23.3 Å². The minimum Gasteiger partial charge on any atom is -0.480 e. The number of carboxylic acids is 1. The van der Waals surface area contributed by atoms with Crippen LogP contribution in [0.25, 0.3) is 17.0 Å². The number of carbonyl (C=O) groups excluding carboxylic acids is 1. The topological polar surface area (TPSA) is 122 Å². The molecular weight excluding hydrogens is 428 g/mol. The molecule has 4 rings (SSSR count). The zero-order valence-electron chi connectivity index (χ0n) is 17.7. The van der Waals surface area contributed by atoms with E-state index >= 15 is 0 Å². The normalized spacial score (nSPS) is 12.5. The van der Waals surface area contributed by atoms with Gasteiger partial charge in [0.2, 0.25) is 0 Å². The first-order valence-corrected chi connectivity index (χ1v) is 10.8. The number of carboxylic acid groups (broad SMARTS) is 1. The number of anilines is 2. The highest BCUT2D eigenvalue weighted by Crippen LogP contribution is 2.25. The summed E-state index contributed by atoms with van der Waals surface area (Å²) in [6.45, 7) is 5.28. The number of fused-ring (bicyclic) bond motifs is 1. The Hall–Kier alpha value is -3.79. The van der Waals surface area contributed by atoms with Crippen LogP contribution in [-0.2, 0) is 4.79 Å². The molecule has 1 amide bonds. The molecule has 3 N–H and O–H groups in total. The molecule has 0 fully saturated rings. The molecule has 0 saturated carbocycles. The Morgan fingerprint density at radius 1 is 1.12 bits per heavy atom. The highest BCUT2D eigenvalue weighted by Gasteiger charge is 2.33. The van der Waals surface area contributed by atoms with Gasteiger partial charge < -0.3 is 15.7 Å². The Bertz CT molecular complexity index is 1260. The van der Waals surface area contributed by atoms with Crippen LogP contribution in [0.4, 0.5) is 10.8 Å². The van der Waals surface area contributed by atoms with E-state index in [2.05, 4.69) is 25.8 Å². The predicted molar refractivity (Wildman–Crippen MR) is 122 cm³/mol. The maximum atomic E-state index is 12.9. The number of aromatic nitrogens is 4. The molecular formula is C22H22N6O3S. The van der Waals surface area contributed by atoms with Crippen molar-refractivity contribution in [3.05, 3.63) is 59.7 Å². The highest BCUT2D eigenvalue weighted by atomic mass is 32.1. The third kappa shape index (κ3) is 4.30. The van der Waals surface area contributed by atoms with Gasteiger partial charge in [-0.25, -0.2) is 9.78 Å². The standard InChI is InChI=1S/C22H22N6O3S/c1-22(2,3)16(20(30)31)25-19(29)15-5-4-11-28-17(26-27-18(15)28)13-6-8-14(9-7-13)24-21-23-10-12-32-21/h4-12,16H,1-3H3,(H,23,24)(H,25,29)(H,30,31)/t16-/m1/s1. The molecule has 1 atom stereocenters. The molecule has 0 unspecified atom stereocenters. The van der Waals surface area contributed by atoms with Crippen molar-refractivity contribution in [3.63, 3.8) is 0 Å². The average molecular weight is 451 g/mol. The van der Waals surface area contributed by atoms with Crippen molar-refractivity contribution in [3.8, 4) is 11.4 Å². The van der Waals surface area contributed by atoms with Crippen molar-refractivity contribution in [2.24, 2.45) is 5.41 Å². The fourth-order valence-electron chi connectivity index (χ4n) is 3.26. The molecule has 1 aromatic carbocycles. The minimum atomic E-state index is -1.09. The quantitative estimate of drug-likeness (QED) is 0.408. The number of hydrogen-bond acceptors (Lipinski definition) is 7. The first-order valence-electron chi connectivity index (χ1n) is 9.88. The van der Waals surface area contributed by atoms with Crippen LogP contribution in [0.5, 0.6) is 0 Å². The predicted octanol–water partition coefficient (Wildman–Crippen LogP) is 3.83. The van der Waals surface area contributed by atoms with Gasteiger partial charge in [0.1, 0.15) is 6.04 Å². The number of hydrogen-bond donors (Lipinski definition) is 3. The van der Waals surface area contributed by atoms with Crippen molar-refractivity contribution >= 4 is 39.7 Å². The lowest BCUT2D eigenvalue weighted by atomic mass is 9.86. The summed E-state index contributed by atoms with van der Waals surface area (Å²) in [7, 11) is 0. The van der Waals surface area contributed by atoms with Crippen LogP contribution in [0.1, 0.15) is 31.1 Å². The summed E-state index contributed by atoms with van der Waals surface area (Å²) >= 11 is 1.51. The summed E-state index contributed by atoms with van der Waals surface area (Å²) in [6.07, 6.45) is 3.50. The Balaban J connectivity index is 1.62. The molecule has 0 aliphatic carbocycles. The lowest BCUT2D eigenvalue weighted by Gasteiger charge is -2.27. The summed E-state index contributed by atoms with van der Waals surface area (Å²) in [5.74, 6) is -1.03. The molecule has 3 aromatic heterocycles. The molecule has 4 aromatic rings. The van der Waals surface area contributed by atoms with Crippen LogP contribution in [0.15, 0.2) is 54.2 Å². The number of rotatable bonds is 6. The number of pyridine rings is 1. The minimum absolute atomic E-state index is 0.254. The Kier molecular flexibility index (Phi) is 5.62. The average Bonchev–Trinajstić information content (AvgIpc) is 3.41. The smallest absolute Gasteiger partial charge is 0.326 e. The zero-order valence-corrected chi connectivity index (χ0v) is 18.6. The van der Waals surface area contributed by atoms with Crippen LogP contribution in [0, 0.1) is 5.41 Å². The van der Waals surface area contributed by atoms with Crippen molar-refractivity contribution < 1.29 is 14.7 Å². The van der Waals surface area contributed by atoms with E-state index in [9.17, 15) is 14.7 Å². The maximum absolute atomic E-state index is 12.9. The van der Waals surface area contributed by atoms with Crippen molar-refractivity contribution in [2.45, 2.75) is 26.8 Å². The molecule has 0 aliphatic heterocycles. The SMILES string of the molecule is CC(C)(C)[C@H](NC(=O)c1cccn2c(-c3ccc(Nc4nccs4)cc3)nnc12)C(=O)O. The number of thiazole rings is 1. The number of amides is 1. The second-order valence-corrected chi connectivity index (χ2v) is 9.18. The molecule has 0 bridgehead atoms. The Morgan fingerprint density at radius 3 is 2.50 bits per heavy atom. The molecule has 9 nitrogen and oxygen atoms in total. The fraction of sp³-hybridized carbons (Fsp3) is 0.227. The Labute approximate surface area is 188 Å². The molecule has 0 spiro atoms. The number of benzene rings is 1. The van der Waals surface area contributed by atoms with Crippen LogP contribution >= 0.6 is 11.3 Å². The maximum Gasteiger partial charge on any atom is 0.326 e. The van der Waals surface area contributed by atoms with Gasteiger partial charge in [0.25, 0.3) is 5.91 Å². The molecule has 10 heteroatoms. The van der Waals surface area contributed by atoms with Gasteiger partial charge in [-0.15, -0.1) is 21.5 Å². The second kappa shape index (κ2) is 8.39. The lowest BCUT2D eigenvalue weighted by molar-refractivity contribution is -0.142. The van der Waals surface area contributed by atoms with Gasteiger partial charge in [-0.05, 0) is 41.8 Å². The van der Waals surface area contributed by atoms with Crippen LogP contribution in [-0.4, -0.2) is 42.6 Å². The summed E-state index contributed by atoms with van der Waals surface area (Å²) < 4.78 is 1.71. The van der Waals surface area contributed by atoms with Gasteiger partial charge in [-0.1, -0.05) is 20.8 Å². The Morgan fingerprint density at radius 2 is 1.88 bits per heavy atom. The third-order valence-corrected chi connectivity index (χ3v) is 5.58. The van der Waals surface area contributed by atoms with E-state index in [4.69, 9.17) is 0 Å². The summed E-state index contributed by atoms with van der Waals surface area (Å²) in [5, 5.41) is 26.5. The first kappa shape index (κ1) is 21.4. The fourth-order valence-corrected chi connectivity index (χ4v) is 3.81. The number of nitrogens with zero attached hydrogens (tertiary/aromatic N) is 4. The summed E-state index contributed by atoms with van der Waals surface area (Å²) in [6, 6.07) is 9.89. The molecule has 0 radical (unpaired) electrons. The molecule has 32 heavy (non-hydrogen) atoms. The first-order chi connectivity index (χ1) is 15.2. The van der Waals surface area contributed by atoms with Gasteiger partial charge in [0.15, 0.2) is 16.6 Å². The number of carbonyl (C=O) groups is 2. The molecule has 164 valence electrons. The van der Waals surface area contributed by atoms with E-state index in [1.54, 1.807) is 49.7 Å². The van der Waals surface area contributed by atoms with Gasteiger partial charge in [-0.2, -0.15) is 0 Å². The van der Waals surface area contributed by atoms with Crippen molar-refractivity contribution in [1.82, 2.24) is 24.9 Å². The van der Waals surface area contributed by atoms with E-state index in [1.807, 2.05) is 29.6 Å². The number of aliphatic carboxylic acids is 1. The highest BCUT2D eigenvalue weighted by molar-refractivity contribution is 7.13. The van der Waals surface area contributed by atoms with E-state index in [-0.39, 0.29) is 5.56 Å². The second-order valence-electron chi connectivity index (χ2n) is 8.29. The van der Waals surface area contributed by atoms with Crippen LogP contribution in [0.3, 0.4) is 0 Å². The molecule has 0 aliphatic rings.